The third kappa shape index (κ3) is 18.9. The molecule has 19 heteroatoms. The molecule has 0 spiro atoms. The Kier molecular flexibility index (Phi) is 23.9. The average Bonchev–Trinajstić information content (AvgIpc) is 4.04. The monoisotopic (exact) mass is 987 g/mol. The first-order valence-electron chi connectivity index (χ1n) is 24.6. The fraction of sp³-hybridized carbons (Fsp3) is 0.577. The molecule has 3 heterocycles. The molecule has 0 bridgehead atoms. The zero-order valence-corrected chi connectivity index (χ0v) is 41.1. The fourth-order valence-electron chi connectivity index (χ4n) is 8.65. The maximum atomic E-state index is 13.2. The first-order chi connectivity index (χ1) is 34.8. The number of hydrogen-bond donors (Lipinski definition) is 2. The van der Waals surface area contributed by atoms with Crippen LogP contribution in [0.25, 0.3) is 0 Å². The zero-order chi connectivity index (χ0) is 49.9. The molecule has 4 atom stereocenters. The molecule has 2 amide bonds. The zero-order valence-electron chi connectivity index (χ0n) is 41.1. The van der Waals surface area contributed by atoms with Crippen molar-refractivity contribution in [1.29, 1.82) is 0 Å². The second-order valence-electron chi connectivity index (χ2n) is 17.2. The summed E-state index contributed by atoms with van der Waals surface area (Å²) in [5.74, 6) is 6.82. The minimum Gasteiger partial charge on any atom is -0.464 e. The van der Waals surface area contributed by atoms with Gasteiger partial charge >= 0.3 is 18.0 Å². The maximum Gasteiger partial charge on any atom is 0.407 e. The summed E-state index contributed by atoms with van der Waals surface area (Å²) in [6.07, 6.45) is 3.62. The van der Waals surface area contributed by atoms with Gasteiger partial charge < -0.3 is 53.3 Å². The molecular formula is C52H70N6O13. The average molecular weight is 987 g/mol. The lowest BCUT2D eigenvalue weighted by Crippen LogP contribution is -2.36. The number of methoxy groups -OCH3 is 2. The Morgan fingerprint density at radius 1 is 0.662 bits per heavy atom. The highest BCUT2D eigenvalue weighted by Gasteiger charge is 2.49. The van der Waals surface area contributed by atoms with Crippen LogP contribution in [0.15, 0.2) is 60.7 Å². The summed E-state index contributed by atoms with van der Waals surface area (Å²) in [6, 6.07) is 17.4. The maximum absolute atomic E-state index is 13.2. The van der Waals surface area contributed by atoms with Gasteiger partial charge in [-0.3, -0.25) is 14.6 Å². The van der Waals surface area contributed by atoms with Gasteiger partial charge in [0.05, 0.1) is 118 Å². The molecule has 2 fully saturated rings. The molecule has 2 N–H and O–H groups in total. The highest BCUT2D eigenvalue weighted by Crippen LogP contribution is 2.52. The summed E-state index contributed by atoms with van der Waals surface area (Å²) < 4.78 is 50.6. The predicted molar refractivity (Wildman–Crippen MR) is 260 cm³/mol. The number of aromatic nitrogens is 2. The number of nitrogens with one attached hydrogen (secondary N) is 2. The number of ether oxygens (including phenoxy) is 9. The molecule has 19 nitrogen and oxygen atoms in total. The number of carbonyl (C=O) groups excluding carboxylic acids is 4. The smallest absolute Gasteiger partial charge is 0.407 e. The van der Waals surface area contributed by atoms with Gasteiger partial charge in [-0.05, 0) is 72.6 Å². The van der Waals surface area contributed by atoms with Crippen molar-refractivity contribution in [3.8, 4) is 11.8 Å². The molecule has 6 rings (SSSR count). The Bertz CT molecular complexity index is 2130. The quantitative estimate of drug-likeness (QED) is 0.0755. The summed E-state index contributed by atoms with van der Waals surface area (Å²) in [7, 11) is 2.65. The number of hydrogen-bond acceptors (Lipinski definition) is 17. The van der Waals surface area contributed by atoms with Crippen molar-refractivity contribution < 1.29 is 61.8 Å². The second kappa shape index (κ2) is 31.0. The Morgan fingerprint density at radius 2 is 1.21 bits per heavy atom. The van der Waals surface area contributed by atoms with E-state index >= 15 is 0 Å². The molecule has 1 saturated heterocycles. The van der Waals surface area contributed by atoms with Gasteiger partial charge in [0, 0.05) is 64.2 Å². The third-order valence-corrected chi connectivity index (χ3v) is 12.4. The largest absolute Gasteiger partial charge is 0.464 e. The fourth-order valence-corrected chi connectivity index (χ4v) is 8.65. The molecule has 71 heavy (non-hydrogen) atoms. The lowest BCUT2D eigenvalue weighted by Gasteiger charge is -2.32. The molecule has 386 valence electrons. The highest BCUT2D eigenvalue weighted by molar-refractivity contribution is 5.94. The molecule has 2 aromatic heterocycles. The number of pyridine rings is 2. The first kappa shape index (κ1) is 54.8. The van der Waals surface area contributed by atoms with E-state index in [1.165, 1.54) is 14.2 Å². The van der Waals surface area contributed by atoms with E-state index in [9.17, 15) is 19.2 Å². The number of fused-ring (bicyclic) bond motifs is 1. The van der Waals surface area contributed by atoms with Gasteiger partial charge in [-0.15, -0.1) is 11.8 Å². The molecule has 1 aliphatic heterocycles. The molecule has 2 aliphatic carbocycles. The SMILES string of the molecule is COC(=O)c1cccc(CN2CCOCCOCCN(C(c3ccc(C(=O)NCCOCCOCCNC(=O)OC[C@H]4[C@@H]5CCC#CCC[C@@H]54)cc3)c3cccc(C(=O)OC)n3)CCOCCOCC2)n1. The molecule has 1 saturated carbocycles. The summed E-state index contributed by atoms with van der Waals surface area (Å²) in [4.78, 5) is 63.5. The second-order valence-corrected chi connectivity index (χ2v) is 17.2. The Balaban J connectivity index is 0.942. The molecule has 1 unspecified atom stereocenters. The van der Waals surface area contributed by atoms with Crippen LogP contribution >= 0.6 is 0 Å². The Hall–Kier alpha value is -5.56. The lowest BCUT2D eigenvalue weighted by molar-refractivity contribution is 0.00330. The number of carbonyl (C=O) groups is 4. The van der Waals surface area contributed by atoms with E-state index in [2.05, 4.69) is 37.3 Å². The Labute approximate surface area is 416 Å². The van der Waals surface area contributed by atoms with E-state index in [1.807, 2.05) is 24.3 Å². The van der Waals surface area contributed by atoms with Gasteiger partial charge in [-0.25, -0.2) is 24.4 Å². The minimum atomic E-state index is -0.553. The van der Waals surface area contributed by atoms with Gasteiger partial charge in [0.25, 0.3) is 5.91 Å². The topological polar surface area (TPSA) is 208 Å². The van der Waals surface area contributed by atoms with Crippen LogP contribution in [0.1, 0.15) is 80.0 Å². The van der Waals surface area contributed by atoms with Crippen molar-refractivity contribution in [3.05, 3.63) is 94.6 Å². The van der Waals surface area contributed by atoms with Crippen LogP contribution in [0.5, 0.6) is 0 Å². The molecule has 3 aromatic rings. The minimum absolute atomic E-state index is 0.171. The van der Waals surface area contributed by atoms with Crippen LogP contribution in [-0.4, -0.2) is 183 Å². The van der Waals surface area contributed by atoms with Gasteiger partial charge in [-0.2, -0.15) is 0 Å². The van der Waals surface area contributed by atoms with E-state index in [4.69, 9.17) is 47.6 Å². The van der Waals surface area contributed by atoms with Gasteiger partial charge in [0.1, 0.15) is 11.4 Å². The standard InChI is InChI=1S/C52H70N6O13/c1-63-50(60)46-13-7-9-41(55-46)37-57-21-27-67-33-35-69-29-23-58(24-30-70-36-34-68-28-22-57)48(45-12-8-14-47(56-45)51(61)64-2)39-15-17-40(18-16-39)49(59)53-19-25-65-31-32-66-26-20-54-52(62)71-38-44-42-10-5-3-4-6-11-43(42)44/h7-9,12-18,42-44,48H,5-6,10-11,19-38H2,1-2H3,(H,53,59)(H,54,62)/t42-,43+,44+,48?. The van der Waals surface area contributed by atoms with Crippen molar-refractivity contribution in [2.75, 3.05) is 139 Å². The van der Waals surface area contributed by atoms with Crippen molar-refractivity contribution >= 4 is 23.9 Å². The molecule has 1 aromatic carbocycles. The number of nitrogens with zero attached hydrogens (tertiary/aromatic N) is 4. The van der Waals surface area contributed by atoms with Gasteiger partial charge in [0.15, 0.2) is 0 Å². The van der Waals surface area contributed by atoms with Crippen molar-refractivity contribution in [1.82, 2.24) is 30.4 Å². The summed E-state index contributed by atoms with van der Waals surface area (Å²) in [6.45, 7) is 8.24. The van der Waals surface area contributed by atoms with Gasteiger partial charge in [-0.1, -0.05) is 24.3 Å². The summed E-state index contributed by atoms with van der Waals surface area (Å²) in [5.41, 5.74) is 3.08. The number of esters is 2. The van der Waals surface area contributed by atoms with Crippen molar-refractivity contribution in [3.63, 3.8) is 0 Å². The predicted octanol–water partition coefficient (Wildman–Crippen LogP) is 3.95. The molecular weight excluding hydrogens is 917 g/mol. The summed E-state index contributed by atoms with van der Waals surface area (Å²) >= 11 is 0. The van der Waals surface area contributed by atoms with Crippen LogP contribution in [-0.2, 0) is 49.2 Å². The Morgan fingerprint density at radius 3 is 1.80 bits per heavy atom. The van der Waals surface area contributed by atoms with Crippen LogP contribution in [0.4, 0.5) is 4.79 Å². The molecule has 3 aliphatic rings. The van der Waals surface area contributed by atoms with E-state index in [0.717, 1.165) is 36.9 Å². The molecule has 0 radical (unpaired) electrons. The number of amides is 2. The van der Waals surface area contributed by atoms with Gasteiger partial charge in [0.2, 0.25) is 0 Å². The van der Waals surface area contributed by atoms with Crippen LogP contribution < -0.4 is 10.6 Å². The number of alkyl carbamates (subject to hydrolysis) is 1. The normalized spacial score (nSPS) is 20.2. The summed E-state index contributed by atoms with van der Waals surface area (Å²) in [5, 5.41) is 5.64. The lowest BCUT2D eigenvalue weighted by atomic mass is 9.99. The van der Waals surface area contributed by atoms with E-state index in [0.29, 0.717) is 161 Å². The van der Waals surface area contributed by atoms with Crippen molar-refractivity contribution in [2.24, 2.45) is 17.8 Å². The van der Waals surface area contributed by atoms with Crippen LogP contribution in [0, 0.1) is 29.6 Å². The number of rotatable bonds is 19. The highest BCUT2D eigenvalue weighted by atomic mass is 16.6. The van der Waals surface area contributed by atoms with Crippen LogP contribution in [0.2, 0.25) is 0 Å². The van der Waals surface area contributed by atoms with Crippen molar-refractivity contribution in [2.45, 2.75) is 38.3 Å². The number of benzene rings is 1. The first-order valence-corrected chi connectivity index (χ1v) is 24.6. The third-order valence-electron chi connectivity index (χ3n) is 12.4. The van der Waals surface area contributed by atoms with E-state index in [1.54, 1.807) is 36.4 Å². The van der Waals surface area contributed by atoms with E-state index < -0.39 is 24.1 Å². The van der Waals surface area contributed by atoms with Crippen LogP contribution in [0.3, 0.4) is 0 Å². The van der Waals surface area contributed by atoms with E-state index in [-0.39, 0.29) is 17.3 Å².